The average Bonchev–Trinajstić information content (AvgIpc) is 2.81. The number of rotatable bonds is 9. The molecule has 0 unspecified atom stereocenters. The third-order valence-electron chi connectivity index (χ3n) is 4.38. The van der Waals surface area contributed by atoms with E-state index in [1.54, 1.807) is 37.6 Å². The van der Waals surface area contributed by atoms with Crippen LogP contribution in [0.25, 0.3) is 0 Å². The highest BCUT2D eigenvalue weighted by Crippen LogP contribution is 2.28. The van der Waals surface area contributed by atoms with E-state index in [0.717, 1.165) is 16.7 Å². The van der Waals surface area contributed by atoms with Gasteiger partial charge in [-0.1, -0.05) is 41.0 Å². The first-order valence-corrected chi connectivity index (χ1v) is 9.84. The Labute approximate surface area is 186 Å². The molecule has 0 heterocycles. The van der Waals surface area contributed by atoms with Crippen LogP contribution in [0, 0.1) is 0 Å². The van der Waals surface area contributed by atoms with Crippen LogP contribution in [0.2, 0.25) is 5.02 Å². The summed E-state index contributed by atoms with van der Waals surface area (Å²) in [5, 5.41) is 4.68. The second-order valence-electron chi connectivity index (χ2n) is 6.52. The van der Waals surface area contributed by atoms with E-state index in [4.69, 9.17) is 25.9 Å². The molecule has 3 aromatic rings. The van der Waals surface area contributed by atoms with E-state index < -0.39 is 0 Å². The SMILES string of the molecule is COC(=O)c1ccc(CO/N=C\c2ccc(OCc3ccc(Cl)cc3)c(OC)c2)cc1. The van der Waals surface area contributed by atoms with Gasteiger partial charge in [0.15, 0.2) is 11.5 Å². The fourth-order valence-corrected chi connectivity index (χ4v) is 2.82. The number of hydrogen-bond acceptors (Lipinski definition) is 6. The third kappa shape index (κ3) is 6.49. The van der Waals surface area contributed by atoms with Gasteiger partial charge in [0, 0.05) is 10.6 Å². The summed E-state index contributed by atoms with van der Waals surface area (Å²) < 4.78 is 15.9. The van der Waals surface area contributed by atoms with Gasteiger partial charge in [-0.2, -0.15) is 0 Å². The van der Waals surface area contributed by atoms with Crippen LogP contribution in [0.15, 0.2) is 71.9 Å². The lowest BCUT2D eigenvalue weighted by atomic mass is 10.1. The van der Waals surface area contributed by atoms with Crippen LogP contribution in [0.1, 0.15) is 27.0 Å². The number of nitrogens with zero attached hydrogens (tertiary/aromatic N) is 1. The first kappa shape index (κ1) is 22.2. The van der Waals surface area contributed by atoms with Crippen molar-refractivity contribution in [3.8, 4) is 11.5 Å². The number of halogens is 1. The van der Waals surface area contributed by atoms with E-state index in [0.29, 0.717) is 28.7 Å². The van der Waals surface area contributed by atoms with Gasteiger partial charge >= 0.3 is 5.97 Å². The first-order chi connectivity index (χ1) is 15.1. The van der Waals surface area contributed by atoms with Gasteiger partial charge in [-0.25, -0.2) is 4.79 Å². The fraction of sp³-hybridized carbons (Fsp3) is 0.167. The molecule has 0 N–H and O–H groups in total. The van der Waals surface area contributed by atoms with Gasteiger partial charge in [-0.3, -0.25) is 0 Å². The molecule has 0 aliphatic carbocycles. The molecule has 0 aromatic heterocycles. The van der Waals surface area contributed by atoms with Crippen molar-refractivity contribution in [2.24, 2.45) is 5.16 Å². The van der Waals surface area contributed by atoms with Crippen molar-refractivity contribution in [2.75, 3.05) is 14.2 Å². The molecule has 0 fully saturated rings. The zero-order chi connectivity index (χ0) is 22.1. The molecule has 3 aromatic carbocycles. The van der Waals surface area contributed by atoms with E-state index in [9.17, 15) is 4.79 Å². The Morgan fingerprint density at radius 1 is 0.903 bits per heavy atom. The van der Waals surface area contributed by atoms with E-state index in [2.05, 4.69) is 9.89 Å². The molecule has 0 aliphatic rings. The zero-order valence-corrected chi connectivity index (χ0v) is 18.0. The molecule has 0 radical (unpaired) electrons. The summed E-state index contributed by atoms with van der Waals surface area (Å²) in [5.74, 6) is 0.845. The number of carbonyl (C=O) groups is 1. The lowest BCUT2D eigenvalue weighted by molar-refractivity contribution is 0.0600. The van der Waals surface area contributed by atoms with E-state index in [1.807, 2.05) is 42.5 Å². The van der Waals surface area contributed by atoms with Crippen molar-refractivity contribution in [3.63, 3.8) is 0 Å². The lowest BCUT2D eigenvalue weighted by Crippen LogP contribution is -2.01. The molecule has 0 aliphatic heterocycles. The summed E-state index contributed by atoms with van der Waals surface area (Å²) in [6.07, 6.45) is 1.59. The minimum absolute atomic E-state index is 0.275. The Bertz CT molecular complexity index is 1030. The summed E-state index contributed by atoms with van der Waals surface area (Å²) in [6.45, 7) is 0.677. The molecule has 0 atom stereocenters. The van der Waals surface area contributed by atoms with Crippen LogP contribution in [0.5, 0.6) is 11.5 Å². The Kier molecular flexibility index (Phi) is 7.90. The lowest BCUT2D eigenvalue weighted by Gasteiger charge is -2.11. The number of esters is 1. The molecule has 0 saturated heterocycles. The van der Waals surface area contributed by atoms with Gasteiger partial charge in [0.05, 0.1) is 26.0 Å². The number of oxime groups is 1. The van der Waals surface area contributed by atoms with Crippen LogP contribution in [-0.2, 0) is 22.8 Å². The van der Waals surface area contributed by atoms with Crippen molar-refractivity contribution >= 4 is 23.8 Å². The summed E-state index contributed by atoms with van der Waals surface area (Å²) in [6, 6.07) is 19.9. The number of ether oxygens (including phenoxy) is 3. The molecule has 3 rings (SSSR count). The van der Waals surface area contributed by atoms with E-state index in [1.165, 1.54) is 7.11 Å². The van der Waals surface area contributed by atoms with Gasteiger partial charge in [-0.05, 0) is 53.6 Å². The van der Waals surface area contributed by atoms with Gasteiger partial charge in [-0.15, -0.1) is 0 Å². The second kappa shape index (κ2) is 11.0. The normalized spacial score (nSPS) is 10.7. The summed E-state index contributed by atoms with van der Waals surface area (Å²) in [7, 11) is 2.93. The summed E-state index contributed by atoms with van der Waals surface area (Å²) >= 11 is 5.90. The minimum Gasteiger partial charge on any atom is -0.493 e. The molecule has 31 heavy (non-hydrogen) atoms. The maximum absolute atomic E-state index is 11.4. The molecular weight excluding hydrogens is 418 g/mol. The molecule has 0 spiro atoms. The van der Waals surface area contributed by atoms with Crippen molar-refractivity contribution in [1.29, 1.82) is 0 Å². The predicted octanol–water partition coefficient (Wildman–Crippen LogP) is 5.26. The highest BCUT2D eigenvalue weighted by Gasteiger charge is 2.06. The van der Waals surface area contributed by atoms with Gasteiger partial charge in [0.1, 0.15) is 13.2 Å². The highest BCUT2D eigenvalue weighted by atomic mass is 35.5. The number of methoxy groups -OCH3 is 2. The van der Waals surface area contributed by atoms with Crippen LogP contribution in [0.4, 0.5) is 0 Å². The van der Waals surface area contributed by atoms with Crippen molar-refractivity contribution < 1.29 is 23.8 Å². The second-order valence-corrected chi connectivity index (χ2v) is 6.96. The molecule has 0 amide bonds. The average molecular weight is 440 g/mol. The topological polar surface area (TPSA) is 66.4 Å². The maximum Gasteiger partial charge on any atom is 0.337 e. The third-order valence-corrected chi connectivity index (χ3v) is 4.63. The standard InChI is InChI=1S/C24H22ClNO5/c1-28-23-13-19(7-12-22(23)30-15-17-5-10-21(25)11-6-17)14-26-31-16-18-3-8-20(9-4-18)24(27)29-2/h3-14H,15-16H2,1-2H3/b26-14-. The first-order valence-electron chi connectivity index (χ1n) is 9.47. The Balaban J connectivity index is 1.54. The molecular formula is C24H22ClNO5. The van der Waals surface area contributed by atoms with Crippen LogP contribution < -0.4 is 9.47 Å². The van der Waals surface area contributed by atoms with Gasteiger partial charge in [0.2, 0.25) is 0 Å². The Hall–Kier alpha value is -3.51. The number of hydrogen-bond donors (Lipinski definition) is 0. The van der Waals surface area contributed by atoms with Crippen molar-refractivity contribution in [2.45, 2.75) is 13.2 Å². The predicted molar refractivity (Wildman–Crippen MR) is 119 cm³/mol. The minimum atomic E-state index is -0.375. The Morgan fingerprint density at radius 2 is 1.58 bits per heavy atom. The van der Waals surface area contributed by atoms with Gasteiger partial charge < -0.3 is 19.0 Å². The molecule has 160 valence electrons. The highest BCUT2D eigenvalue weighted by molar-refractivity contribution is 6.30. The maximum atomic E-state index is 11.4. The van der Waals surface area contributed by atoms with Crippen LogP contribution >= 0.6 is 11.6 Å². The molecule has 0 bridgehead atoms. The Morgan fingerprint density at radius 3 is 2.26 bits per heavy atom. The van der Waals surface area contributed by atoms with Crippen LogP contribution in [0.3, 0.4) is 0 Å². The number of benzene rings is 3. The largest absolute Gasteiger partial charge is 0.493 e. The summed E-state index contributed by atoms with van der Waals surface area (Å²) in [4.78, 5) is 16.8. The summed E-state index contributed by atoms with van der Waals surface area (Å²) in [5.41, 5.74) is 3.18. The fourth-order valence-electron chi connectivity index (χ4n) is 2.69. The van der Waals surface area contributed by atoms with Gasteiger partial charge in [0.25, 0.3) is 0 Å². The molecule has 6 nitrogen and oxygen atoms in total. The molecule has 0 saturated carbocycles. The monoisotopic (exact) mass is 439 g/mol. The zero-order valence-electron chi connectivity index (χ0n) is 17.2. The quantitative estimate of drug-likeness (QED) is 0.258. The van der Waals surface area contributed by atoms with Crippen LogP contribution in [-0.4, -0.2) is 26.4 Å². The molecule has 7 heteroatoms. The van der Waals surface area contributed by atoms with E-state index >= 15 is 0 Å². The van der Waals surface area contributed by atoms with E-state index in [-0.39, 0.29) is 12.6 Å². The van der Waals surface area contributed by atoms with Crippen molar-refractivity contribution in [3.05, 3.63) is 94.0 Å². The van der Waals surface area contributed by atoms with Crippen molar-refractivity contribution in [1.82, 2.24) is 0 Å². The smallest absolute Gasteiger partial charge is 0.337 e. The number of carbonyl (C=O) groups excluding carboxylic acids is 1.